The van der Waals surface area contributed by atoms with Crippen molar-refractivity contribution in [3.63, 3.8) is 0 Å². The van der Waals surface area contributed by atoms with Gasteiger partial charge in [-0.05, 0) is 6.92 Å². The third-order valence-corrected chi connectivity index (χ3v) is 2.38. The summed E-state index contributed by atoms with van der Waals surface area (Å²) in [7, 11) is 0. The van der Waals surface area contributed by atoms with Gasteiger partial charge in [0.25, 0.3) is 5.56 Å². The average molecular weight is 262 g/mol. The van der Waals surface area contributed by atoms with E-state index in [1.807, 2.05) is 0 Å². The normalized spacial score (nSPS) is 14.4. The predicted octanol–water partition coefficient (Wildman–Crippen LogP) is -1.49. The number of nitrogens with one attached hydrogen (secondary N) is 1. The van der Waals surface area contributed by atoms with Crippen molar-refractivity contribution in [2.45, 2.75) is 25.9 Å². The molecule has 7 nitrogen and oxygen atoms in total. The molecule has 0 saturated carbocycles. The number of hydrogen-bond donors (Lipinski definition) is 3. The fourth-order valence-electron chi connectivity index (χ4n) is 1.28. The number of aryl methyl sites for hydroxylation is 1. The van der Waals surface area contributed by atoms with E-state index in [0.29, 0.717) is 5.56 Å². The fourth-order valence-corrected chi connectivity index (χ4v) is 1.28. The van der Waals surface area contributed by atoms with Crippen LogP contribution in [0.1, 0.15) is 5.56 Å². The van der Waals surface area contributed by atoms with Gasteiger partial charge in [0.15, 0.2) is 0 Å². The Morgan fingerprint density at radius 1 is 1.56 bits per heavy atom. The lowest BCUT2D eigenvalue weighted by Gasteiger charge is -2.19. The lowest BCUT2D eigenvalue weighted by Crippen LogP contribution is -2.37. The second kappa shape index (κ2) is 6.43. The van der Waals surface area contributed by atoms with E-state index in [9.17, 15) is 14.0 Å². The molecular weight excluding hydrogens is 247 g/mol. The summed E-state index contributed by atoms with van der Waals surface area (Å²) >= 11 is 0. The quantitative estimate of drug-likeness (QED) is 0.579. The van der Waals surface area contributed by atoms with Crippen molar-refractivity contribution in [3.05, 3.63) is 32.6 Å². The van der Waals surface area contributed by atoms with Crippen molar-refractivity contribution < 1.29 is 19.3 Å². The smallest absolute Gasteiger partial charge is 0.330 e. The van der Waals surface area contributed by atoms with Crippen molar-refractivity contribution >= 4 is 0 Å². The molecule has 0 aliphatic carbocycles. The molecular formula is C10H15FN2O5. The van der Waals surface area contributed by atoms with E-state index in [2.05, 4.69) is 4.98 Å². The van der Waals surface area contributed by atoms with Crippen LogP contribution in [0, 0.1) is 6.92 Å². The molecule has 0 bridgehead atoms. The summed E-state index contributed by atoms with van der Waals surface area (Å²) < 4.78 is 18.2. The number of nitrogens with zero attached hydrogens (tertiary/aromatic N) is 1. The van der Waals surface area contributed by atoms with Crippen molar-refractivity contribution in [2.75, 3.05) is 13.3 Å². The third-order valence-electron chi connectivity index (χ3n) is 2.38. The first-order valence-electron chi connectivity index (χ1n) is 5.26. The van der Waals surface area contributed by atoms with E-state index >= 15 is 0 Å². The van der Waals surface area contributed by atoms with E-state index in [1.54, 1.807) is 0 Å². The monoisotopic (exact) mass is 262 g/mol. The van der Waals surface area contributed by atoms with Gasteiger partial charge in [0, 0.05) is 11.8 Å². The third kappa shape index (κ3) is 3.49. The zero-order valence-corrected chi connectivity index (χ0v) is 9.80. The second-order valence-electron chi connectivity index (χ2n) is 3.78. The lowest BCUT2D eigenvalue weighted by atomic mass is 10.2. The minimum absolute atomic E-state index is 0.307. The standard InChI is InChI=1S/C10H15FN2O5/c1-6-3-13(10(17)12-9(6)16)5-18-8(4-14)7(15)2-11/h3,7-8,14-15H,2,4-5H2,1H3,(H,12,16,17)/t7-,8+/m0/s1. The molecule has 0 fully saturated rings. The maximum absolute atomic E-state index is 12.2. The molecule has 1 heterocycles. The first-order chi connectivity index (χ1) is 8.49. The number of H-pyrrole nitrogens is 1. The molecule has 18 heavy (non-hydrogen) atoms. The Bertz CT molecular complexity index is 498. The fraction of sp³-hybridized carbons (Fsp3) is 0.600. The zero-order valence-electron chi connectivity index (χ0n) is 9.80. The van der Waals surface area contributed by atoms with Gasteiger partial charge in [0.2, 0.25) is 0 Å². The molecule has 102 valence electrons. The summed E-state index contributed by atoms with van der Waals surface area (Å²) in [5, 5.41) is 18.0. The van der Waals surface area contributed by atoms with Crippen LogP contribution >= 0.6 is 0 Å². The van der Waals surface area contributed by atoms with Gasteiger partial charge in [-0.3, -0.25) is 14.3 Å². The average Bonchev–Trinajstić information content (AvgIpc) is 2.35. The predicted molar refractivity (Wildman–Crippen MR) is 60.0 cm³/mol. The molecule has 0 saturated heterocycles. The summed E-state index contributed by atoms with van der Waals surface area (Å²) in [6, 6.07) is 0. The van der Waals surface area contributed by atoms with Crippen LogP contribution in [0.15, 0.2) is 15.8 Å². The number of aromatic amines is 1. The van der Waals surface area contributed by atoms with Crippen LogP contribution in [0.5, 0.6) is 0 Å². The number of hydrogen-bond acceptors (Lipinski definition) is 5. The summed E-state index contributed by atoms with van der Waals surface area (Å²) in [6.07, 6.45) is -1.32. The molecule has 8 heteroatoms. The van der Waals surface area contributed by atoms with Crippen molar-refractivity contribution in [1.29, 1.82) is 0 Å². The first kappa shape index (κ1) is 14.6. The molecule has 0 radical (unpaired) electrons. The Morgan fingerprint density at radius 3 is 2.78 bits per heavy atom. The SMILES string of the molecule is Cc1cn(CO[C@H](CO)[C@@H](O)CF)c(=O)[nH]c1=O. The van der Waals surface area contributed by atoms with Gasteiger partial charge >= 0.3 is 5.69 Å². The topological polar surface area (TPSA) is 105 Å². The maximum Gasteiger partial charge on any atom is 0.330 e. The number of ether oxygens (including phenoxy) is 1. The molecule has 1 aromatic rings. The minimum Gasteiger partial charge on any atom is -0.394 e. The van der Waals surface area contributed by atoms with Crippen LogP contribution in [0.3, 0.4) is 0 Å². The Morgan fingerprint density at radius 2 is 2.22 bits per heavy atom. The summed E-state index contributed by atoms with van der Waals surface area (Å²) in [6.45, 7) is -0.444. The van der Waals surface area contributed by atoms with Crippen LogP contribution in [0.4, 0.5) is 4.39 Å². The Hall–Kier alpha value is -1.51. The largest absolute Gasteiger partial charge is 0.394 e. The molecule has 0 aliphatic rings. The van der Waals surface area contributed by atoms with Gasteiger partial charge in [-0.25, -0.2) is 9.18 Å². The van der Waals surface area contributed by atoms with Gasteiger partial charge in [-0.2, -0.15) is 0 Å². The lowest BCUT2D eigenvalue weighted by molar-refractivity contribution is -0.0936. The number of aromatic nitrogens is 2. The summed E-state index contributed by atoms with van der Waals surface area (Å²) in [4.78, 5) is 24.5. The van der Waals surface area contributed by atoms with Gasteiger partial charge in [-0.15, -0.1) is 0 Å². The van der Waals surface area contributed by atoms with Gasteiger partial charge in [0.05, 0.1) is 6.61 Å². The molecule has 1 rings (SSSR count). The van der Waals surface area contributed by atoms with Crippen molar-refractivity contribution in [1.82, 2.24) is 9.55 Å². The molecule has 0 amide bonds. The van der Waals surface area contributed by atoms with Crippen molar-refractivity contribution in [3.8, 4) is 0 Å². The van der Waals surface area contributed by atoms with E-state index in [1.165, 1.54) is 13.1 Å². The highest BCUT2D eigenvalue weighted by molar-refractivity contribution is 5.00. The van der Waals surface area contributed by atoms with Crippen LogP contribution in [-0.2, 0) is 11.5 Å². The first-order valence-corrected chi connectivity index (χ1v) is 5.26. The van der Waals surface area contributed by atoms with E-state index in [4.69, 9.17) is 14.9 Å². The van der Waals surface area contributed by atoms with Gasteiger partial charge < -0.3 is 14.9 Å². The second-order valence-corrected chi connectivity index (χ2v) is 3.78. The van der Waals surface area contributed by atoms with E-state index < -0.39 is 36.7 Å². The number of rotatable bonds is 6. The van der Waals surface area contributed by atoms with Crippen LogP contribution in [-0.4, -0.2) is 45.3 Å². The molecule has 3 N–H and O–H groups in total. The van der Waals surface area contributed by atoms with Crippen LogP contribution in [0.2, 0.25) is 0 Å². The Balaban J connectivity index is 2.77. The van der Waals surface area contributed by atoms with Gasteiger partial charge in [0.1, 0.15) is 25.6 Å². The molecule has 0 aliphatic heterocycles. The number of aliphatic hydroxyl groups is 2. The highest BCUT2D eigenvalue weighted by Gasteiger charge is 2.19. The molecule has 2 atom stereocenters. The highest BCUT2D eigenvalue weighted by Crippen LogP contribution is 2.01. The van der Waals surface area contributed by atoms with E-state index in [0.717, 1.165) is 4.57 Å². The maximum atomic E-state index is 12.2. The van der Waals surface area contributed by atoms with E-state index in [-0.39, 0.29) is 6.73 Å². The summed E-state index contributed by atoms with van der Waals surface area (Å²) in [5.41, 5.74) is -0.874. The number of halogens is 1. The molecule has 1 aromatic heterocycles. The number of alkyl halides is 1. The van der Waals surface area contributed by atoms with Crippen LogP contribution < -0.4 is 11.2 Å². The highest BCUT2D eigenvalue weighted by atomic mass is 19.1. The number of aliphatic hydroxyl groups excluding tert-OH is 2. The Kier molecular flexibility index (Phi) is 5.20. The molecule has 0 spiro atoms. The van der Waals surface area contributed by atoms with Gasteiger partial charge in [-0.1, -0.05) is 0 Å². The Labute approximate surface area is 101 Å². The summed E-state index contributed by atoms with van der Waals surface area (Å²) in [5.74, 6) is 0. The van der Waals surface area contributed by atoms with Crippen molar-refractivity contribution in [2.24, 2.45) is 0 Å². The zero-order chi connectivity index (χ0) is 13.7. The minimum atomic E-state index is -1.46. The molecule has 0 aromatic carbocycles. The van der Waals surface area contributed by atoms with Crippen LogP contribution in [0.25, 0.3) is 0 Å². The molecule has 0 unspecified atom stereocenters.